The second-order valence-electron chi connectivity index (χ2n) is 4.09. The number of hydrogen-bond donors (Lipinski definition) is 1. The Balaban J connectivity index is 2.36. The lowest BCUT2D eigenvalue weighted by molar-refractivity contribution is 0.463. The van der Waals surface area contributed by atoms with Crippen LogP contribution in [0.3, 0.4) is 0 Å². The molecule has 0 unspecified atom stereocenters. The zero-order chi connectivity index (χ0) is 12.3. The molecule has 0 amide bonds. The first-order valence-electron chi connectivity index (χ1n) is 5.75. The van der Waals surface area contributed by atoms with Crippen molar-refractivity contribution >= 4 is 15.9 Å². The van der Waals surface area contributed by atoms with Crippen LogP contribution in [-0.2, 0) is 12.8 Å². The predicted octanol–water partition coefficient (Wildman–Crippen LogP) is 4.31. The number of aromatic hydroxyl groups is 1. The Labute approximate surface area is 110 Å². The van der Waals surface area contributed by atoms with Crippen LogP contribution in [0.15, 0.2) is 46.9 Å². The van der Waals surface area contributed by atoms with Gasteiger partial charge in [-0.25, -0.2) is 0 Å². The van der Waals surface area contributed by atoms with Gasteiger partial charge in [0.1, 0.15) is 5.75 Å². The van der Waals surface area contributed by atoms with E-state index in [1.54, 1.807) is 0 Å². The Bertz CT molecular complexity index is 506. The second-order valence-corrected chi connectivity index (χ2v) is 5.00. The van der Waals surface area contributed by atoms with Gasteiger partial charge >= 0.3 is 0 Å². The van der Waals surface area contributed by atoms with Gasteiger partial charge in [0.2, 0.25) is 0 Å². The molecule has 0 fully saturated rings. The summed E-state index contributed by atoms with van der Waals surface area (Å²) < 4.78 is 1.03. The van der Waals surface area contributed by atoms with Crippen LogP contribution in [0.4, 0.5) is 0 Å². The summed E-state index contributed by atoms with van der Waals surface area (Å²) >= 11 is 3.49. The molecule has 88 valence electrons. The first-order valence-corrected chi connectivity index (χ1v) is 6.54. The molecule has 2 aromatic rings. The number of rotatable bonds is 3. The maximum absolute atomic E-state index is 10.2. The standard InChI is InChI=1S/C15H15BrO/c1-2-12-9-14(16)10-13(15(12)17)8-11-6-4-3-5-7-11/h3-7,9-10,17H,2,8H2,1H3. The Hall–Kier alpha value is -1.28. The van der Waals surface area contributed by atoms with E-state index in [4.69, 9.17) is 0 Å². The number of phenolic OH excluding ortho intramolecular Hbond substituents is 1. The fourth-order valence-electron chi connectivity index (χ4n) is 1.94. The average Bonchev–Trinajstić information content (AvgIpc) is 2.34. The maximum Gasteiger partial charge on any atom is 0.122 e. The minimum absolute atomic E-state index is 0.430. The van der Waals surface area contributed by atoms with Crippen molar-refractivity contribution < 1.29 is 5.11 Å². The Kier molecular flexibility index (Phi) is 3.85. The third kappa shape index (κ3) is 2.89. The maximum atomic E-state index is 10.2. The molecule has 0 saturated heterocycles. The minimum Gasteiger partial charge on any atom is -0.507 e. The number of hydrogen-bond acceptors (Lipinski definition) is 1. The normalized spacial score (nSPS) is 10.5. The Morgan fingerprint density at radius 2 is 1.71 bits per heavy atom. The van der Waals surface area contributed by atoms with Crippen molar-refractivity contribution in [1.29, 1.82) is 0 Å². The SMILES string of the molecule is CCc1cc(Br)cc(Cc2ccccc2)c1O. The monoisotopic (exact) mass is 290 g/mol. The molecule has 0 spiro atoms. The Morgan fingerprint density at radius 1 is 1.06 bits per heavy atom. The van der Waals surface area contributed by atoms with E-state index in [0.717, 1.165) is 28.4 Å². The summed E-state index contributed by atoms with van der Waals surface area (Å²) in [4.78, 5) is 0. The van der Waals surface area contributed by atoms with E-state index in [9.17, 15) is 5.11 Å². The van der Waals surface area contributed by atoms with Crippen molar-refractivity contribution in [1.82, 2.24) is 0 Å². The zero-order valence-electron chi connectivity index (χ0n) is 9.78. The summed E-state index contributed by atoms with van der Waals surface area (Å²) in [7, 11) is 0. The fourth-order valence-corrected chi connectivity index (χ4v) is 2.49. The van der Waals surface area contributed by atoms with Gasteiger partial charge in [-0.1, -0.05) is 53.2 Å². The van der Waals surface area contributed by atoms with Crippen LogP contribution in [0.2, 0.25) is 0 Å². The van der Waals surface area contributed by atoms with Crippen LogP contribution >= 0.6 is 15.9 Å². The largest absolute Gasteiger partial charge is 0.507 e. The number of halogens is 1. The molecule has 0 aliphatic rings. The first kappa shape index (κ1) is 12.2. The molecule has 2 rings (SSSR count). The lowest BCUT2D eigenvalue weighted by Gasteiger charge is -2.10. The number of phenols is 1. The Morgan fingerprint density at radius 3 is 2.35 bits per heavy atom. The van der Waals surface area contributed by atoms with Crippen molar-refractivity contribution in [3.63, 3.8) is 0 Å². The molecule has 17 heavy (non-hydrogen) atoms. The van der Waals surface area contributed by atoms with Gasteiger partial charge in [-0.2, -0.15) is 0 Å². The van der Waals surface area contributed by atoms with E-state index >= 15 is 0 Å². The van der Waals surface area contributed by atoms with Gasteiger partial charge in [-0.3, -0.25) is 0 Å². The quantitative estimate of drug-likeness (QED) is 0.893. The van der Waals surface area contributed by atoms with Crippen LogP contribution in [0.1, 0.15) is 23.6 Å². The number of aryl methyl sites for hydroxylation is 1. The highest BCUT2D eigenvalue weighted by Crippen LogP contribution is 2.29. The molecule has 1 nitrogen and oxygen atoms in total. The van der Waals surface area contributed by atoms with Gasteiger partial charge < -0.3 is 5.11 Å². The highest BCUT2D eigenvalue weighted by atomic mass is 79.9. The molecule has 0 bridgehead atoms. The summed E-state index contributed by atoms with van der Waals surface area (Å²) in [6, 6.07) is 14.2. The third-order valence-corrected chi connectivity index (χ3v) is 3.31. The van der Waals surface area contributed by atoms with Crippen LogP contribution in [-0.4, -0.2) is 5.11 Å². The summed E-state index contributed by atoms with van der Waals surface area (Å²) in [6.45, 7) is 2.05. The van der Waals surface area contributed by atoms with Gasteiger partial charge in [0.15, 0.2) is 0 Å². The van der Waals surface area contributed by atoms with E-state index < -0.39 is 0 Å². The van der Waals surface area contributed by atoms with Crippen molar-refractivity contribution in [2.45, 2.75) is 19.8 Å². The molecule has 2 heteroatoms. The lowest BCUT2D eigenvalue weighted by atomic mass is 10.0. The average molecular weight is 291 g/mol. The van der Waals surface area contributed by atoms with Crippen molar-refractivity contribution in [2.75, 3.05) is 0 Å². The summed E-state index contributed by atoms with van der Waals surface area (Å²) in [5, 5.41) is 10.2. The van der Waals surface area contributed by atoms with Gasteiger partial charge in [0.05, 0.1) is 0 Å². The van der Waals surface area contributed by atoms with Gasteiger partial charge in [-0.15, -0.1) is 0 Å². The summed E-state index contributed by atoms with van der Waals surface area (Å²) in [6.07, 6.45) is 1.60. The first-order chi connectivity index (χ1) is 8.20. The van der Waals surface area contributed by atoms with E-state index in [-0.39, 0.29) is 0 Å². The van der Waals surface area contributed by atoms with Crippen molar-refractivity contribution in [2.24, 2.45) is 0 Å². The minimum atomic E-state index is 0.430. The zero-order valence-corrected chi connectivity index (χ0v) is 11.4. The van der Waals surface area contributed by atoms with E-state index in [1.165, 1.54) is 5.56 Å². The topological polar surface area (TPSA) is 20.2 Å². The summed E-state index contributed by atoms with van der Waals surface area (Å²) in [5.74, 6) is 0.430. The van der Waals surface area contributed by atoms with Gasteiger partial charge in [0, 0.05) is 10.9 Å². The van der Waals surface area contributed by atoms with Crippen molar-refractivity contribution in [3.8, 4) is 5.75 Å². The summed E-state index contributed by atoms with van der Waals surface area (Å²) in [5.41, 5.74) is 3.18. The molecule has 0 aliphatic heterocycles. The molecule has 0 heterocycles. The molecule has 1 N–H and O–H groups in total. The molecular weight excluding hydrogens is 276 g/mol. The second kappa shape index (κ2) is 5.37. The third-order valence-electron chi connectivity index (χ3n) is 2.85. The predicted molar refractivity (Wildman–Crippen MR) is 74.4 cm³/mol. The van der Waals surface area contributed by atoms with Gasteiger partial charge in [0.25, 0.3) is 0 Å². The molecule has 0 aliphatic carbocycles. The fraction of sp³-hybridized carbons (Fsp3) is 0.200. The molecular formula is C15H15BrO. The lowest BCUT2D eigenvalue weighted by Crippen LogP contribution is -1.92. The van der Waals surface area contributed by atoms with E-state index in [0.29, 0.717) is 5.75 Å². The van der Waals surface area contributed by atoms with Crippen LogP contribution in [0, 0.1) is 0 Å². The van der Waals surface area contributed by atoms with Crippen LogP contribution in [0.25, 0.3) is 0 Å². The van der Waals surface area contributed by atoms with Gasteiger partial charge in [-0.05, 0) is 35.2 Å². The highest BCUT2D eigenvalue weighted by molar-refractivity contribution is 9.10. The number of benzene rings is 2. The molecule has 2 aromatic carbocycles. The van der Waals surface area contributed by atoms with Crippen LogP contribution < -0.4 is 0 Å². The molecule has 0 atom stereocenters. The van der Waals surface area contributed by atoms with Crippen LogP contribution in [0.5, 0.6) is 5.75 Å². The smallest absolute Gasteiger partial charge is 0.122 e. The highest BCUT2D eigenvalue weighted by Gasteiger charge is 2.08. The van der Waals surface area contributed by atoms with Crippen molar-refractivity contribution in [3.05, 3.63) is 63.6 Å². The van der Waals surface area contributed by atoms with E-state index in [1.807, 2.05) is 37.3 Å². The molecule has 0 saturated carbocycles. The molecule has 0 aromatic heterocycles. The van der Waals surface area contributed by atoms with E-state index in [2.05, 4.69) is 28.1 Å². The molecule has 0 radical (unpaired) electrons.